The molecule has 8 nitrogen and oxygen atoms in total. The Bertz CT molecular complexity index is 675. The highest BCUT2D eigenvalue weighted by atomic mass is 16.5. The van der Waals surface area contributed by atoms with E-state index in [9.17, 15) is 14.4 Å². The van der Waals surface area contributed by atoms with Crippen LogP contribution < -0.4 is 20.1 Å². The summed E-state index contributed by atoms with van der Waals surface area (Å²) >= 11 is 0. The second-order valence-corrected chi connectivity index (χ2v) is 6.46. The summed E-state index contributed by atoms with van der Waals surface area (Å²) in [5.41, 5.74) is -0.880. The van der Waals surface area contributed by atoms with Crippen LogP contribution in [-0.2, 0) is 9.59 Å². The van der Waals surface area contributed by atoms with Crippen molar-refractivity contribution in [2.75, 3.05) is 26.8 Å². The molecule has 1 aromatic rings. The van der Waals surface area contributed by atoms with Crippen LogP contribution in [0.15, 0.2) is 24.3 Å². The van der Waals surface area contributed by atoms with Crippen LogP contribution in [0.4, 0.5) is 4.79 Å². The minimum Gasteiger partial charge on any atom is -0.493 e. The molecule has 2 N–H and O–H groups in total. The van der Waals surface area contributed by atoms with Gasteiger partial charge in [-0.15, -0.1) is 0 Å². The van der Waals surface area contributed by atoms with E-state index in [1.807, 2.05) is 12.1 Å². The summed E-state index contributed by atoms with van der Waals surface area (Å²) in [6, 6.07) is 6.87. The molecule has 1 fully saturated rings. The minimum absolute atomic E-state index is 0.153. The van der Waals surface area contributed by atoms with Gasteiger partial charge in [-0.25, -0.2) is 4.79 Å². The molecule has 0 bridgehead atoms. The molecule has 1 aliphatic rings. The van der Waals surface area contributed by atoms with Gasteiger partial charge in [0, 0.05) is 13.0 Å². The molecule has 0 unspecified atom stereocenters. The first-order valence-electron chi connectivity index (χ1n) is 8.52. The van der Waals surface area contributed by atoms with E-state index in [2.05, 4.69) is 10.6 Å². The lowest BCUT2D eigenvalue weighted by atomic mass is 10.1. The highest BCUT2D eigenvalue weighted by molar-refractivity contribution is 6.06. The summed E-state index contributed by atoms with van der Waals surface area (Å²) in [6.07, 6.45) is 0.639. The van der Waals surface area contributed by atoms with Crippen LogP contribution in [0.3, 0.4) is 0 Å². The van der Waals surface area contributed by atoms with Crippen molar-refractivity contribution in [3.05, 3.63) is 24.3 Å². The molecule has 0 radical (unpaired) electrons. The molecular formula is C18H25N3O5. The number of amides is 4. The number of para-hydroxylation sites is 2. The number of rotatable bonds is 9. The molecule has 0 atom stereocenters. The average Bonchev–Trinajstić information content (AvgIpc) is 2.80. The molecule has 0 spiro atoms. The predicted octanol–water partition coefficient (Wildman–Crippen LogP) is 1.30. The standard InChI is InChI=1S/C18H25N3O5/c1-18(2)16(23)21(17(24)20-18)11-6-9-15(22)19-10-12-26-14-8-5-4-7-13(14)25-3/h4-5,7-8H,6,9-12H2,1-3H3,(H,19,22)(H,20,24). The molecule has 1 saturated heterocycles. The summed E-state index contributed by atoms with van der Waals surface area (Å²) in [6.45, 7) is 4.20. The van der Waals surface area contributed by atoms with Crippen molar-refractivity contribution >= 4 is 17.8 Å². The Balaban J connectivity index is 1.64. The fraction of sp³-hybridized carbons (Fsp3) is 0.500. The van der Waals surface area contributed by atoms with E-state index in [0.29, 0.717) is 31.1 Å². The minimum atomic E-state index is -0.880. The molecule has 1 heterocycles. The highest BCUT2D eigenvalue weighted by Gasteiger charge is 2.43. The highest BCUT2D eigenvalue weighted by Crippen LogP contribution is 2.25. The smallest absolute Gasteiger partial charge is 0.325 e. The number of hydrogen-bond acceptors (Lipinski definition) is 5. The van der Waals surface area contributed by atoms with Crippen LogP contribution in [0.1, 0.15) is 26.7 Å². The van der Waals surface area contributed by atoms with Crippen LogP contribution in [-0.4, -0.2) is 55.1 Å². The van der Waals surface area contributed by atoms with Gasteiger partial charge < -0.3 is 20.1 Å². The lowest BCUT2D eigenvalue weighted by Crippen LogP contribution is -2.40. The first kappa shape index (κ1) is 19.6. The second kappa shape index (κ2) is 8.55. The summed E-state index contributed by atoms with van der Waals surface area (Å²) in [5.74, 6) is 0.828. The molecule has 1 aromatic carbocycles. The Hall–Kier alpha value is -2.77. The maximum absolute atomic E-state index is 12.0. The predicted molar refractivity (Wildman–Crippen MR) is 95.1 cm³/mol. The number of methoxy groups -OCH3 is 1. The molecule has 2 rings (SSSR count). The van der Waals surface area contributed by atoms with Crippen LogP contribution in [0.2, 0.25) is 0 Å². The number of nitrogens with zero attached hydrogens (tertiary/aromatic N) is 1. The molecule has 142 valence electrons. The fourth-order valence-electron chi connectivity index (χ4n) is 2.60. The van der Waals surface area contributed by atoms with Crippen molar-refractivity contribution in [1.29, 1.82) is 0 Å². The summed E-state index contributed by atoms with van der Waals surface area (Å²) < 4.78 is 10.7. The van der Waals surface area contributed by atoms with Crippen LogP contribution >= 0.6 is 0 Å². The first-order chi connectivity index (χ1) is 12.3. The quantitative estimate of drug-likeness (QED) is 0.509. The normalized spacial score (nSPS) is 15.6. The number of ether oxygens (including phenoxy) is 2. The zero-order valence-electron chi connectivity index (χ0n) is 15.3. The SMILES string of the molecule is COc1ccccc1OCCNC(=O)CCCN1C(=O)NC(C)(C)C1=O. The lowest BCUT2D eigenvalue weighted by molar-refractivity contribution is -0.130. The molecule has 0 aromatic heterocycles. The van der Waals surface area contributed by atoms with Crippen LogP contribution in [0.5, 0.6) is 11.5 Å². The third kappa shape index (κ3) is 4.87. The Kier molecular flexibility index (Phi) is 6.43. The van der Waals surface area contributed by atoms with Gasteiger partial charge in [0.05, 0.1) is 13.7 Å². The molecule has 8 heteroatoms. The van der Waals surface area contributed by atoms with E-state index in [1.165, 1.54) is 0 Å². The maximum Gasteiger partial charge on any atom is 0.325 e. The van der Waals surface area contributed by atoms with E-state index >= 15 is 0 Å². The van der Waals surface area contributed by atoms with Gasteiger partial charge >= 0.3 is 6.03 Å². The third-order valence-electron chi connectivity index (χ3n) is 3.98. The number of hydrogen-bond donors (Lipinski definition) is 2. The van der Waals surface area contributed by atoms with Gasteiger partial charge in [0.1, 0.15) is 12.1 Å². The van der Waals surface area contributed by atoms with E-state index in [1.54, 1.807) is 33.1 Å². The molecule has 0 aliphatic carbocycles. The molecule has 4 amide bonds. The van der Waals surface area contributed by atoms with Crippen molar-refractivity contribution in [2.45, 2.75) is 32.2 Å². The topological polar surface area (TPSA) is 97.0 Å². The molecular weight excluding hydrogens is 338 g/mol. The Morgan fingerprint density at radius 2 is 1.92 bits per heavy atom. The first-order valence-corrected chi connectivity index (χ1v) is 8.52. The Labute approximate surface area is 152 Å². The van der Waals surface area contributed by atoms with Crippen molar-refractivity contribution < 1.29 is 23.9 Å². The van der Waals surface area contributed by atoms with Gasteiger partial charge in [-0.2, -0.15) is 0 Å². The second-order valence-electron chi connectivity index (χ2n) is 6.46. The lowest BCUT2D eigenvalue weighted by Gasteiger charge is -2.15. The molecule has 1 aliphatic heterocycles. The monoisotopic (exact) mass is 363 g/mol. The number of nitrogens with one attached hydrogen (secondary N) is 2. The number of imide groups is 1. The molecule has 0 saturated carbocycles. The third-order valence-corrected chi connectivity index (χ3v) is 3.98. The van der Waals surface area contributed by atoms with Crippen molar-refractivity contribution in [3.63, 3.8) is 0 Å². The zero-order chi connectivity index (χ0) is 19.2. The average molecular weight is 363 g/mol. The number of urea groups is 1. The Morgan fingerprint density at radius 3 is 2.54 bits per heavy atom. The summed E-state index contributed by atoms with van der Waals surface area (Å²) in [4.78, 5) is 36.8. The van der Waals surface area contributed by atoms with Crippen molar-refractivity contribution in [1.82, 2.24) is 15.5 Å². The van der Waals surface area contributed by atoms with Crippen LogP contribution in [0, 0.1) is 0 Å². The summed E-state index contributed by atoms with van der Waals surface area (Å²) in [5, 5.41) is 5.35. The molecule has 26 heavy (non-hydrogen) atoms. The van der Waals surface area contributed by atoms with E-state index in [4.69, 9.17) is 9.47 Å². The Morgan fingerprint density at radius 1 is 1.23 bits per heavy atom. The largest absolute Gasteiger partial charge is 0.493 e. The van der Waals surface area contributed by atoms with E-state index in [-0.39, 0.29) is 24.8 Å². The number of benzene rings is 1. The van der Waals surface area contributed by atoms with Gasteiger partial charge in [-0.1, -0.05) is 12.1 Å². The number of carbonyl (C=O) groups is 3. The van der Waals surface area contributed by atoms with Gasteiger partial charge in [0.25, 0.3) is 5.91 Å². The van der Waals surface area contributed by atoms with Crippen molar-refractivity contribution in [3.8, 4) is 11.5 Å². The van der Waals surface area contributed by atoms with Gasteiger partial charge in [0.15, 0.2) is 11.5 Å². The maximum atomic E-state index is 12.0. The summed E-state index contributed by atoms with van der Waals surface area (Å²) in [7, 11) is 1.57. The van der Waals surface area contributed by atoms with E-state index in [0.717, 1.165) is 4.90 Å². The number of carbonyl (C=O) groups excluding carboxylic acids is 3. The van der Waals surface area contributed by atoms with E-state index < -0.39 is 11.6 Å². The van der Waals surface area contributed by atoms with Crippen LogP contribution in [0.25, 0.3) is 0 Å². The van der Waals surface area contributed by atoms with Gasteiger partial charge in [-0.05, 0) is 32.4 Å². The van der Waals surface area contributed by atoms with Gasteiger partial charge in [0.2, 0.25) is 5.91 Å². The zero-order valence-corrected chi connectivity index (χ0v) is 15.3. The van der Waals surface area contributed by atoms with Crippen molar-refractivity contribution in [2.24, 2.45) is 0 Å². The van der Waals surface area contributed by atoms with Gasteiger partial charge in [-0.3, -0.25) is 14.5 Å². The fourth-order valence-corrected chi connectivity index (χ4v) is 2.60.